The Bertz CT molecular complexity index is 126. The van der Waals surface area contributed by atoms with Gasteiger partial charge in [0, 0.05) is 0 Å². The summed E-state index contributed by atoms with van der Waals surface area (Å²) in [5.41, 5.74) is 4.56. The van der Waals surface area contributed by atoms with Crippen molar-refractivity contribution in [2.45, 2.75) is 6.23 Å². The maximum atomic E-state index is 9.82. The van der Waals surface area contributed by atoms with Crippen LogP contribution in [0.4, 0.5) is 4.79 Å². The third-order valence-electron chi connectivity index (χ3n) is 0.437. The highest BCUT2D eigenvalue weighted by molar-refractivity contribution is 5.72. The molecule has 0 radical (unpaired) electrons. The Kier molecular flexibility index (Phi) is 2.45. The molecule has 0 aliphatic carbocycles. The van der Waals surface area contributed by atoms with Gasteiger partial charge in [-0.15, -0.1) is 6.42 Å². The van der Waals surface area contributed by atoms with Crippen molar-refractivity contribution in [3.05, 3.63) is 0 Å². The molecule has 0 aliphatic rings. The molecule has 0 heterocycles. The van der Waals surface area contributed by atoms with Gasteiger partial charge in [0.15, 0.2) is 6.23 Å². The van der Waals surface area contributed by atoms with Crippen molar-refractivity contribution in [2.24, 2.45) is 5.73 Å². The van der Waals surface area contributed by atoms with Crippen molar-refractivity contribution >= 4 is 6.03 Å². The first-order chi connectivity index (χ1) is 3.66. The molecule has 8 heavy (non-hydrogen) atoms. The van der Waals surface area contributed by atoms with Crippen LogP contribution in [0.1, 0.15) is 0 Å². The van der Waals surface area contributed by atoms with Crippen molar-refractivity contribution < 1.29 is 9.90 Å². The average Bonchev–Trinajstić information content (AvgIpc) is 1.65. The predicted molar refractivity (Wildman–Crippen MR) is 27.6 cm³/mol. The molecule has 0 aromatic carbocycles. The molecule has 1 atom stereocenters. The highest BCUT2D eigenvalue weighted by Crippen LogP contribution is 1.67. The largest absolute Gasteiger partial charge is 0.363 e. The SMILES string of the molecule is C#CC(O)NC(N)=O. The molecule has 0 bridgehead atoms. The fourth-order valence-corrected chi connectivity index (χ4v) is 0.176. The number of hydrogen-bond donors (Lipinski definition) is 3. The van der Waals surface area contributed by atoms with Crippen molar-refractivity contribution in [1.29, 1.82) is 0 Å². The normalized spacial score (nSPS) is 11.5. The van der Waals surface area contributed by atoms with E-state index >= 15 is 0 Å². The second-order valence-corrected chi connectivity index (χ2v) is 1.08. The van der Waals surface area contributed by atoms with E-state index in [0.29, 0.717) is 0 Å². The van der Waals surface area contributed by atoms with Crippen LogP contribution in [0.3, 0.4) is 0 Å². The van der Waals surface area contributed by atoms with Gasteiger partial charge in [-0.3, -0.25) is 0 Å². The number of primary amides is 1. The molecule has 0 spiro atoms. The van der Waals surface area contributed by atoms with Gasteiger partial charge in [-0.1, -0.05) is 5.92 Å². The van der Waals surface area contributed by atoms with Crippen LogP contribution in [0.5, 0.6) is 0 Å². The summed E-state index contributed by atoms with van der Waals surface area (Å²) in [7, 11) is 0. The molecular formula is C4H6N2O2. The quantitative estimate of drug-likeness (QED) is 0.290. The third kappa shape index (κ3) is 3.00. The van der Waals surface area contributed by atoms with Crippen molar-refractivity contribution in [3.63, 3.8) is 0 Å². The molecule has 44 valence electrons. The number of aliphatic hydroxyl groups excluding tert-OH is 1. The van der Waals surface area contributed by atoms with Crippen LogP contribution < -0.4 is 11.1 Å². The summed E-state index contributed by atoms with van der Waals surface area (Å²) >= 11 is 0. The van der Waals surface area contributed by atoms with Gasteiger partial charge in [-0.25, -0.2) is 4.79 Å². The van der Waals surface area contributed by atoms with E-state index in [1.54, 1.807) is 0 Å². The van der Waals surface area contributed by atoms with Crippen LogP contribution in [0.25, 0.3) is 0 Å². The van der Waals surface area contributed by atoms with Crippen LogP contribution in [0, 0.1) is 12.3 Å². The van der Waals surface area contributed by atoms with E-state index in [1.165, 1.54) is 0 Å². The minimum atomic E-state index is -1.27. The van der Waals surface area contributed by atoms with E-state index in [9.17, 15) is 4.79 Å². The van der Waals surface area contributed by atoms with E-state index in [0.717, 1.165) is 0 Å². The Hall–Kier alpha value is -1.21. The zero-order valence-corrected chi connectivity index (χ0v) is 4.09. The minimum Gasteiger partial charge on any atom is -0.363 e. The lowest BCUT2D eigenvalue weighted by atomic mass is 10.6. The number of hydrogen-bond acceptors (Lipinski definition) is 2. The fourth-order valence-electron chi connectivity index (χ4n) is 0.176. The van der Waals surface area contributed by atoms with Gasteiger partial charge in [-0.2, -0.15) is 0 Å². The molecule has 0 aromatic heterocycles. The lowest BCUT2D eigenvalue weighted by Gasteiger charge is -2.00. The summed E-state index contributed by atoms with van der Waals surface area (Å²) in [6.07, 6.45) is 3.38. The highest BCUT2D eigenvalue weighted by Gasteiger charge is 1.96. The van der Waals surface area contributed by atoms with Crippen molar-refractivity contribution in [3.8, 4) is 12.3 Å². The molecule has 4 N–H and O–H groups in total. The van der Waals surface area contributed by atoms with Gasteiger partial charge < -0.3 is 16.2 Å². The summed E-state index contributed by atoms with van der Waals surface area (Å²) in [5, 5.41) is 10.2. The standard InChI is InChI=1S/C4H6N2O2/c1-2-3(7)6-4(5)8/h1,3,7H,(H3,5,6,8). The zero-order chi connectivity index (χ0) is 6.57. The van der Waals surface area contributed by atoms with Crippen LogP contribution in [0.2, 0.25) is 0 Å². The van der Waals surface area contributed by atoms with Gasteiger partial charge in [0.2, 0.25) is 0 Å². The fraction of sp³-hybridized carbons (Fsp3) is 0.250. The first-order valence-corrected chi connectivity index (χ1v) is 1.87. The number of aliphatic hydroxyl groups is 1. The van der Waals surface area contributed by atoms with E-state index in [4.69, 9.17) is 5.11 Å². The number of rotatable bonds is 1. The van der Waals surface area contributed by atoms with Crippen LogP contribution in [-0.2, 0) is 0 Å². The smallest absolute Gasteiger partial charge is 0.314 e. The Morgan fingerprint density at radius 2 is 2.50 bits per heavy atom. The summed E-state index contributed by atoms with van der Waals surface area (Å²) in [6, 6.07) is -0.838. The Labute approximate surface area is 46.7 Å². The Morgan fingerprint density at radius 1 is 2.00 bits per heavy atom. The summed E-state index contributed by atoms with van der Waals surface area (Å²) in [5.74, 6) is 1.84. The average molecular weight is 114 g/mol. The molecule has 0 saturated carbocycles. The zero-order valence-electron chi connectivity index (χ0n) is 4.09. The molecule has 0 rings (SSSR count). The summed E-state index contributed by atoms with van der Waals surface area (Å²) < 4.78 is 0. The first-order valence-electron chi connectivity index (χ1n) is 1.87. The first kappa shape index (κ1) is 6.79. The molecular weight excluding hydrogens is 108 g/mol. The highest BCUT2D eigenvalue weighted by atomic mass is 16.3. The molecule has 1 unspecified atom stereocenters. The predicted octanol–water partition coefficient (Wildman–Crippen LogP) is -1.39. The molecule has 4 nitrogen and oxygen atoms in total. The third-order valence-corrected chi connectivity index (χ3v) is 0.437. The second-order valence-electron chi connectivity index (χ2n) is 1.08. The topological polar surface area (TPSA) is 75.3 Å². The molecule has 0 aromatic rings. The molecule has 0 fully saturated rings. The summed E-state index contributed by atoms with van der Waals surface area (Å²) in [6.45, 7) is 0. The number of urea groups is 1. The maximum absolute atomic E-state index is 9.82. The van der Waals surface area contributed by atoms with E-state index in [-0.39, 0.29) is 0 Å². The summed E-state index contributed by atoms with van der Waals surface area (Å²) in [4.78, 5) is 9.82. The number of amides is 2. The van der Waals surface area contributed by atoms with Crippen molar-refractivity contribution in [1.82, 2.24) is 5.32 Å². The lowest BCUT2D eigenvalue weighted by Crippen LogP contribution is -2.37. The number of terminal acetylenes is 1. The maximum Gasteiger partial charge on any atom is 0.314 e. The Balaban J connectivity index is 3.43. The molecule has 2 amide bonds. The molecule has 4 heteroatoms. The van der Waals surface area contributed by atoms with E-state index in [2.05, 4.69) is 12.2 Å². The monoisotopic (exact) mass is 114 g/mol. The molecule has 0 aliphatic heterocycles. The van der Waals surface area contributed by atoms with Crippen LogP contribution >= 0.6 is 0 Å². The van der Waals surface area contributed by atoms with Gasteiger partial charge >= 0.3 is 6.03 Å². The lowest BCUT2D eigenvalue weighted by molar-refractivity contribution is 0.189. The van der Waals surface area contributed by atoms with E-state index < -0.39 is 12.3 Å². The van der Waals surface area contributed by atoms with Gasteiger partial charge in [0.05, 0.1) is 0 Å². The van der Waals surface area contributed by atoms with E-state index in [1.807, 2.05) is 11.2 Å². The van der Waals surface area contributed by atoms with Crippen LogP contribution in [0.15, 0.2) is 0 Å². The van der Waals surface area contributed by atoms with Crippen LogP contribution in [-0.4, -0.2) is 17.4 Å². The number of nitrogens with two attached hydrogens (primary N) is 1. The van der Waals surface area contributed by atoms with Gasteiger partial charge in [0.25, 0.3) is 0 Å². The van der Waals surface area contributed by atoms with Gasteiger partial charge in [-0.05, 0) is 0 Å². The van der Waals surface area contributed by atoms with Crippen molar-refractivity contribution in [2.75, 3.05) is 0 Å². The Morgan fingerprint density at radius 3 is 2.62 bits per heavy atom. The second kappa shape index (κ2) is 2.88. The number of nitrogens with one attached hydrogen (secondary N) is 1. The number of carbonyl (C=O) groups excluding carboxylic acids is 1. The van der Waals surface area contributed by atoms with Gasteiger partial charge in [0.1, 0.15) is 0 Å². The molecule has 0 saturated heterocycles. The minimum absolute atomic E-state index is 0.838. The number of carbonyl (C=O) groups is 1.